The van der Waals surface area contributed by atoms with Gasteiger partial charge in [0.05, 0.1) is 18.8 Å². The van der Waals surface area contributed by atoms with Crippen LogP contribution < -0.4 is 5.32 Å². The molecule has 0 aromatic carbocycles. The topological polar surface area (TPSA) is 69.6 Å². The van der Waals surface area contributed by atoms with Crippen molar-refractivity contribution in [2.24, 2.45) is 0 Å². The molecular formula is C41H79NO3. The number of nitrogens with one attached hydrogen (secondary N) is 1. The first kappa shape index (κ1) is 43.9. The van der Waals surface area contributed by atoms with E-state index < -0.39 is 12.1 Å². The van der Waals surface area contributed by atoms with Crippen LogP contribution in [0.25, 0.3) is 0 Å². The number of hydrogen-bond donors (Lipinski definition) is 3. The van der Waals surface area contributed by atoms with Gasteiger partial charge >= 0.3 is 0 Å². The minimum atomic E-state index is -0.856. The summed E-state index contributed by atoms with van der Waals surface area (Å²) in [5.74, 6) is -0.0769. The number of carbonyl (C=O) groups is 1. The maximum Gasteiger partial charge on any atom is 0.220 e. The molecule has 3 N–H and O–H groups in total. The van der Waals surface area contributed by atoms with Crippen LogP contribution in [0.2, 0.25) is 0 Å². The van der Waals surface area contributed by atoms with Crippen molar-refractivity contribution in [2.45, 2.75) is 225 Å². The fraction of sp³-hybridized carbons (Fsp3) is 0.878. The second kappa shape index (κ2) is 37.3. The number of hydrogen-bond acceptors (Lipinski definition) is 3. The third kappa shape index (κ3) is 34.0. The molecule has 0 saturated carbocycles. The van der Waals surface area contributed by atoms with Crippen LogP contribution in [0.15, 0.2) is 24.3 Å². The Morgan fingerprint density at radius 2 is 0.867 bits per heavy atom. The first-order chi connectivity index (χ1) is 22.2. The third-order valence-electron chi connectivity index (χ3n) is 9.19. The molecule has 1 amide bonds. The van der Waals surface area contributed by atoms with Crippen LogP contribution >= 0.6 is 0 Å². The molecule has 0 aromatic heterocycles. The van der Waals surface area contributed by atoms with Crippen LogP contribution in [0.3, 0.4) is 0 Å². The quantitative estimate of drug-likeness (QED) is 0.0475. The van der Waals surface area contributed by atoms with Gasteiger partial charge in [-0.05, 0) is 32.1 Å². The molecule has 0 fully saturated rings. The molecular weight excluding hydrogens is 554 g/mol. The largest absolute Gasteiger partial charge is 0.394 e. The first-order valence-corrected chi connectivity index (χ1v) is 20.1. The van der Waals surface area contributed by atoms with Gasteiger partial charge in [0, 0.05) is 6.42 Å². The minimum Gasteiger partial charge on any atom is -0.394 e. The summed E-state index contributed by atoms with van der Waals surface area (Å²) in [5.41, 5.74) is 0. The molecule has 2 atom stereocenters. The fourth-order valence-corrected chi connectivity index (χ4v) is 6.08. The van der Waals surface area contributed by atoms with Crippen LogP contribution in [-0.4, -0.2) is 34.9 Å². The number of aliphatic hydroxyl groups excluding tert-OH is 2. The molecule has 0 radical (unpaired) electrons. The van der Waals surface area contributed by atoms with Crippen LogP contribution in [0.5, 0.6) is 0 Å². The summed E-state index contributed by atoms with van der Waals surface area (Å²) in [4.78, 5) is 12.2. The highest BCUT2D eigenvalue weighted by atomic mass is 16.3. The number of aliphatic hydroxyl groups is 2. The number of unbranched alkanes of at least 4 members (excludes halogenated alkanes) is 27. The third-order valence-corrected chi connectivity index (χ3v) is 9.19. The summed E-state index contributed by atoms with van der Waals surface area (Å²) >= 11 is 0. The van der Waals surface area contributed by atoms with Gasteiger partial charge in [0.25, 0.3) is 0 Å². The van der Waals surface area contributed by atoms with Gasteiger partial charge in [0.1, 0.15) is 0 Å². The van der Waals surface area contributed by atoms with Crippen molar-refractivity contribution in [3.8, 4) is 0 Å². The molecule has 0 aliphatic heterocycles. The van der Waals surface area contributed by atoms with Crippen molar-refractivity contribution >= 4 is 5.91 Å². The molecule has 0 rings (SSSR count). The van der Waals surface area contributed by atoms with E-state index in [1.807, 2.05) is 6.08 Å². The lowest BCUT2D eigenvalue weighted by atomic mass is 10.0. The molecule has 0 aliphatic rings. The van der Waals surface area contributed by atoms with E-state index in [0.717, 1.165) is 32.1 Å². The first-order valence-electron chi connectivity index (χ1n) is 20.1. The van der Waals surface area contributed by atoms with Gasteiger partial charge in [0.15, 0.2) is 0 Å². The molecule has 0 aromatic rings. The van der Waals surface area contributed by atoms with E-state index in [4.69, 9.17) is 0 Å². The van der Waals surface area contributed by atoms with Gasteiger partial charge in [-0.3, -0.25) is 4.79 Å². The second-order valence-electron chi connectivity index (χ2n) is 13.7. The Kier molecular flexibility index (Phi) is 36.4. The van der Waals surface area contributed by atoms with Crippen molar-refractivity contribution in [3.63, 3.8) is 0 Å². The van der Waals surface area contributed by atoms with Gasteiger partial charge in [-0.2, -0.15) is 0 Å². The summed E-state index contributed by atoms with van der Waals surface area (Å²) in [7, 11) is 0. The molecule has 4 heteroatoms. The fourth-order valence-electron chi connectivity index (χ4n) is 6.08. The van der Waals surface area contributed by atoms with E-state index >= 15 is 0 Å². The minimum absolute atomic E-state index is 0.0769. The van der Waals surface area contributed by atoms with Crippen LogP contribution in [0.1, 0.15) is 213 Å². The lowest BCUT2D eigenvalue weighted by molar-refractivity contribution is -0.123. The highest BCUT2D eigenvalue weighted by Crippen LogP contribution is 2.15. The van der Waals surface area contributed by atoms with Gasteiger partial charge in [-0.25, -0.2) is 0 Å². The zero-order valence-corrected chi connectivity index (χ0v) is 30.4. The molecule has 0 spiro atoms. The molecule has 0 bridgehead atoms. The molecule has 45 heavy (non-hydrogen) atoms. The van der Waals surface area contributed by atoms with E-state index in [2.05, 4.69) is 31.3 Å². The Balaban J connectivity index is 3.55. The zero-order chi connectivity index (χ0) is 32.9. The van der Waals surface area contributed by atoms with Gasteiger partial charge in [-0.15, -0.1) is 0 Å². The Hall–Kier alpha value is -1.13. The van der Waals surface area contributed by atoms with E-state index in [9.17, 15) is 15.0 Å². The molecule has 0 saturated heterocycles. The summed E-state index contributed by atoms with van der Waals surface area (Å²) in [6.07, 6.45) is 47.2. The summed E-state index contributed by atoms with van der Waals surface area (Å²) in [6, 6.07) is -0.632. The SMILES string of the molecule is CCCCCCCCCCCCCCCCCCCC/C=C/CC/C=C/C(O)C(CO)NC(=O)CCCCCCCCCCC. The summed E-state index contributed by atoms with van der Waals surface area (Å²) in [6.45, 7) is 4.28. The predicted molar refractivity (Wildman–Crippen MR) is 198 cm³/mol. The van der Waals surface area contributed by atoms with Crippen molar-refractivity contribution < 1.29 is 15.0 Å². The van der Waals surface area contributed by atoms with Gasteiger partial charge in [0.2, 0.25) is 5.91 Å². The maximum absolute atomic E-state index is 12.2. The Morgan fingerprint density at radius 3 is 1.29 bits per heavy atom. The van der Waals surface area contributed by atoms with Crippen molar-refractivity contribution in [2.75, 3.05) is 6.61 Å². The molecule has 266 valence electrons. The highest BCUT2D eigenvalue weighted by molar-refractivity contribution is 5.76. The van der Waals surface area contributed by atoms with Crippen LogP contribution in [0, 0.1) is 0 Å². The normalized spacial score (nSPS) is 13.2. The number of amides is 1. The van der Waals surface area contributed by atoms with Crippen molar-refractivity contribution in [3.05, 3.63) is 24.3 Å². The Bertz CT molecular complexity index is 647. The smallest absolute Gasteiger partial charge is 0.220 e. The van der Waals surface area contributed by atoms with Crippen LogP contribution in [0.4, 0.5) is 0 Å². The number of carbonyl (C=O) groups excluding carboxylic acids is 1. The molecule has 4 nitrogen and oxygen atoms in total. The summed E-state index contributed by atoms with van der Waals surface area (Å²) in [5, 5.41) is 22.8. The van der Waals surface area contributed by atoms with Crippen molar-refractivity contribution in [1.82, 2.24) is 5.32 Å². The average Bonchev–Trinajstić information content (AvgIpc) is 3.04. The lowest BCUT2D eigenvalue weighted by Gasteiger charge is -2.19. The number of allylic oxidation sites excluding steroid dienone is 3. The summed E-state index contributed by atoms with van der Waals surface area (Å²) < 4.78 is 0. The van der Waals surface area contributed by atoms with Gasteiger partial charge < -0.3 is 15.5 Å². The lowest BCUT2D eigenvalue weighted by Crippen LogP contribution is -2.45. The van der Waals surface area contributed by atoms with Gasteiger partial charge in [-0.1, -0.05) is 199 Å². The maximum atomic E-state index is 12.2. The second-order valence-corrected chi connectivity index (χ2v) is 13.7. The van der Waals surface area contributed by atoms with Crippen LogP contribution in [-0.2, 0) is 4.79 Å². The molecule has 0 heterocycles. The number of rotatable bonds is 36. The predicted octanol–water partition coefficient (Wildman–Crippen LogP) is 12.1. The van der Waals surface area contributed by atoms with E-state index in [1.54, 1.807) is 6.08 Å². The molecule has 2 unspecified atom stereocenters. The van der Waals surface area contributed by atoms with E-state index in [1.165, 1.54) is 161 Å². The Morgan fingerprint density at radius 1 is 0.511 bits per heavy atom. The standard InChI is InChI=1S/C41H79NO3/c1-3-5-7-9-11-13-14-15-16-17-18-19-20-21-22-23-24-25-26-27-29-30-32-34-36-40(44)39(38-43)42-41(45)37-35-33-31-28-12-10-8-6-4-2/h27,29,34,36,39-40,43-44H,3-26,28,30-33,35,37-38H2,1-2H3,(H,42,45)/b29-27+,36-34+. The molecule has 0 aliphatic carbocycles. The van der Waals surface area contributed by atoms with Crippen molar-refractivity contribution in [1.29, 1.82) is 0 Å². The van der Waals surface area contributed by atoms with E-state index in [-0.39, 0.29) is 12.5 Å². The zero-order valence-electron chi connectivity index (χ0n) is 30.4. The Labute approximate surface area is 281 Å². The van der Waals surface area contributed by atoms with E-state index in [0.29, 0.717) is 6.42 Å². The highest BCUT2D eigenvalue weighted by Gasteiger charge is 2.17. The monoisotopic (exact) mass is 634 g/mol. The average molecular weight is 634 g/mol.